The summed E-state index contributed by atoms with van der Waals surface area (Å²) in [7, 11) is 3.78. The smallest absolute Gasteiger partial charge is 0.241 e. The Hall–Kier alpha value is -2.34. The number of hydrogen-bond acceptors (Lipinski definition) is 4. The van der Waals surface area contributed by atoms with Crippen molar-refractivity contribution in [3.63, 3.8) is 0 Å². The summed E-state index contributed by atoms with van der Waals surface area (Å²) < 4.78 is 1.63. The molecule has 0 spiro atoms. The molecule has 2 rings (SSSR count). The number of nitrogens with two attached hydrogens (primary N) is 1. The van der Waals surface area contributed by atoms with Gasteiger partial charge in [-0.2, -0.15) is 5.10 Å². The molecule has 0 saturated carbocycles. The van der Waals surface area contributed by atoms with Gasteiger partial charge in [-0.25, -0.2) is 0 Å². The fraction of sp³-hybridized carbons (Fsp3) is 0.333. The number of para-hydroxylation sites is 1. The highest BCUT2D eigenvalue weighted by atomic mass is 16.2. The molecule has 1 heterocycles. The summed E-state index contributed by atoms with van der Waals surface area (Å²) in [4.78, 5) is 14.1. The molecule has 6 nitrogen and oxygen atoms in total. The molecule has 0 fully saturated rings. The summed E-state index contributed by atoms with van der Waals surface area (Å²) in [5.74, 6) is -0.190. The number of carbonyl (C=O) groups is 1. The van der Waals surface area contributed by atoms with Crippen LogP contribution in [0.1, 0.15) is 11.6 Å². The number of nitrogens with one attached hydrogen (secondary N) is 1. The van der Waals surface area contributed by atoms with Gasteiger partial charge in [0.15, 0.2) is 0 Å². The van der Waals surface area contributed by atoms with Crippen LogP contribution >= 0.6 is 0 Å². The molecule has 0 aliphatic rings. The van der Waals surface area contributed by atoms with Crippen LogP contribution in [0.4, 0.5) is 5.69 Å². The molecule has 112 valence electrons. The second kappa shape index (κ2) is 6.90. The predicted molar refractivity (Wildman–Crippen MR) is 82.9 cm³/mol. The second-order valence-corrected chi connectivity index (χ2v) is 4.97. The Kier molecular flexibility index (Phi) is 4.94. The fourth-order valence-corrected chi connectivity index (χ4v) is 2.02. The Balaban J connectivity index is 1.79. The van der Waals surface area contributed by atoms with Crippen molar-refractivity contribution in [3.05, 3.63) is 48.3 Å². The first-order valence-electron chi connectivity index (χ1n) is 6.86. The SMILES string of the molecule is CN(CCNC(=O)C(N)c1cnn(C)c1)c1ccccc1. The van der Waals surface area contributed by atoms with Gasteiger partial charge in [0.1, 0.15) is 6.04 Å². The first-order chi connectivity index (χ1) is 10.1. The van der Waals surface area contributed by atoms with Crippen LogP contribution in [-0.2, 0) is 11.8 Å². The zero-order valence-electron chi connectivity index (χ0n) is 12.4. The van der Waals surface area contributed by atoms with Crippen LogP contribution in [0.25, 0.3) is 0 Å². The summed E-state index contributed by atoms with van der Waals surface area (Å²) in [6, 6.07) is 9.34. The molecule has 0 aliphatic heterocycles. The Bertz CT molecular complexity index is 581. The van der Waals surface area contributed by atoms with E-state index in [1.165, 1.54) is 0 Å². The van der Waals surface area contributed by atoms with E-state index in [1.54, 1.807) is 24.1 Å². The van der Waals surface area contributed by atoms with Gasteiger partial charge >= 0.3 is 0 Å². The number of aromatic nitrogens is 2. The van der Waals surface area contributed by atoms with Gasteiger partial charge in [-0.05, 0) is 12.1 Å². The lowest BCUT2D eigenvalue weighted by molar-refractivity contribution is -0.122. The van der Waals surface area contributed by atoms with Crippen molar-refractivity contribution in [2.75, 3.05) is 25.0 Å². The van der Waals surface area contributed by atoms with Gasteiger partial charge in [-0.1, -0.05) is 18.2 Å². The number of nitrogens with zero attached hydrogens (tertiary/aromatic N) is 3. The maximum Gasteiger partial charge on any atom is 0.241 e. The average Bonchev–Trinajstić information content (AvgIpc) is 2.93. The second-order valence-electron chi connectivity index (χ2n) is 4.97. The van der Waals surface area contributed by atoms with E-state index in [-0.39, 0.29) is 5.91 Å². The number of carbonyl (C=O) groups excluding carboxylic acids is 1. The number of likely N-dealkylation sites (N-methyl/N-ethyl adjacent to an activating group) is 1. The van der Waals surface area contributed by atoms with Crippen LogP contribution in [0.3, 0.4) is 0 Å². The van der Waals surface area contributed by atoms with Crippen LogP contribution in [0.15, 0.2) is 42.7 Å². The van der Waals surface area contributed by atoms with Crippen LogP contribution < -0.4 is 16.0 Å². The molecule has 1 unspecified atom stereocenters. The molecule has 1 atom stereocenters. The van der Waals surface area contributed by atoms with Gasteiger partial charge < -0.3 is 16.0 Å². The van der Waals surface area contributed by atoms with Crippen LogP contribution in [0.5, 0.6) is 0 Å². The lowest BCUT2D eigenvalue weighted by Gasteiger charge is -2.20. The predicted octanol–water partition coefficient (Wildman–Crippen LogP) is 0.673. The molecule has 1 aromatic carbocycles. The monoisotopic (exact) mass is 287 g/mol. The summed E-state index contributed by atoms with van der Waals surface area (Å²) >= 11 is 0. The van der Waals surface area contributed by atoms with Gasteiger partial charge in [0.25, 0.3) is 0 Å². The molecule has 1 amide bonds. The minimum Gasteiger partial charge on any atom is -0.373 e. The molecule has 6 heteroatoms. The third-order valence-electron chi connectivity index (χ3n) is 3.31. The normalized spacial score (nSPS) is 12.0. The fourth-order valence-electron chi connectivity index (χ4n) is 2.02. The van der Waals surface area contributed by atoms with Crippen LogP contribution in [0, 0.1) is 0 Å². The lowest BCUT2D eigenvalue weighted by Crippen LogP contribution is -2.38. The Morgan fingerprint density at radius 1 is 1.43 bits per heavy atom. The van der Waals surface area contributed by atoms with Gasteiger partial charge in [0.2, 0.25) is 5.91 Å². The van der Waals surface area contributed by atoms with Gasteiger partial charge in [-0.3, -0.25) is 9.48 Å². The van der Waals surface area contributed by atoms with E-state index >= 15 is 0 Å². The van der Waals surface area contributed by atoms with Crippen molar-refractivity contribution in [1.82, 2.24) is 15.1 Å². The molecule has 21 heavy (non-hydrogen) atoms. The van der Waals surface area contributed by atoms with E-state index in [4.69, 9.17) is 5.73 Å². The highest BCUT2D eigenvalue weighted by Crippen LogP contribution is 2.10. The van der Waals surface area contributed by atoms with Gasteiger partial charge in [-0.15, -0.1) is 0 Å². The van der Waals surface area contributed by atoms with Crippen molar-refractivity contribution in [2.45, 2.75) is 6.04 Å². The minimum absolute atomic E-state index is 0.190. The maximum absolute atomic E-state index is 12.0. The summed E-state index contributed by atoms with van der Waals surface area (Å²) in [5.41, 5.74) is 7.73. The largest absolute Gasteiger partial charge is 0.373 e. The summed E-state index contributed by atoms with van der Waals surface area (Å²) in [6.07, 6.45) is 3.36. The highest BCUT2D eigenvalue weighted by molar-refractivity contribution is 5.82. The molecular formula is C15H21N5O. The number of benzene rings is 1. The zero-order chi connectivity index (χ0) is 15.2. The number of anilines is 1. The average molecular weight is 287 g/mol. The Morgan fingerprint density at radius 2 is 2.14 bits per heavy atom. The van der Waals surface area contributed by atoms with Crippen molar-refractivity contribution in [3.8, 4) is 0 Å². The quantitative estimate of drug-likeness (QED) is 0.819. The van der Waals surface area contributed by atoms with Gasteiger partial charge in [0, 0.05) is 44.6 Å². The molecule has 0 aliphatic carbocycles. The lowest BCUT2D eigenvalue weighted by atomic mass is 10.1. The van der Waals surface area contributed by atoms with Crippen molar-refractivity contribution < 1.29 is 4.79 Å². The number of aryl methyl sites for hydroxylation is 1. The molecule has 0 radical (unpaired) electrons. The van der Waals surface area contributed by atoms with Crippen LogP contribution in [0.2, 0.25) is 0 Å². The first-order valence-corrected chi connectivity index (χ1v) is 6.86. The summed E-state index contributed by atoms with van der Waals surface area (Å²) in [5, 5.41) is 6.86. The summed E-state index contributed by atoms with van der Waals surface area (Å²) in [6.45, 7) is 1.26. The van der Waals surface area contributed by atoms with E-state index < -0.39 is 6.04 Å². The van der Waals surface area contributed by atoms with Gasteiger partial charge in [0.05, 0.1) is 6.20 Å². The highest BCUT2D eigenvalue weighted by Gasteiger charge is 2.16. The zero-order valence-corrected chi connectivity index (χ0v) is 12.4. The molecule has 0 bridgehead atoms. The molecular weight excluding hydrogens is 266 g/mol. The molecule has 1 aromatic heterocycles. The number of hydrogen-bond donors (Lipinski definition) is 2. The van der Waals surface area contributed by atoms with E-state index in [2.05, 4.69) is 15.3 Å². The van der Waals surface area contributed by atoms with E-state index in [9.17, 15) is 4.79 Å². The minimum atomic E-state index is -0.680. The Labute approximate surface area is 124 Å². The number of rotatable bonds is 6. The Morgan fingerprint density at radius 3 is 2.76 bits per heavy atom. The van der Waals surface area contributed by atoms with Crippen molar-refractivity contribution in [1.29, 1.82) is 0 Å². The maximum atomic E-state index is 12.0. The molecule has 0 saturated heterocycles. The topological polar surface area (TPSA) is 76.2 Å². The molecule has 3 N–H and O–H groups in total. The molecule has 2 aromatic rings. The third-order valence-corrected chi connectivity index (χ3v) is 3.31. The van der Waals surface area contributed by atoms with E-state index in [0.29, 0.717) is 12.1 Å². The van der Waals surface area contributed by atoms with Crippen LogP contribution in [-0.4, -0.2) is 35.8 Å². The van der Waals surface area contributed by atoms with Crippen molar-refractivity contribution >= 4 is 11.6 Å². The number of amides is 1. The van der Waals surface area contributed by atoms with Crippen molar-refractivity contribution in [2.24, 2.45) is 12.8 Å². The standard InChI is InChI=1S/C15H21N5O/c1-19(13-6-4-3-5-7-13)9-8-17-15(21)14(16)12-10-18-20(2)11-12/h3-7,10-11,14H,8-9,16H2,1-2H3,(H,17,21). The first kappa shape index (κ1) is 15.1. The van der Waals surface area contributed by atoms with E-state index in [0.717, 1.165) is 12.2 Å². The third kappa shape index (κ3) is 4.06. The van der Waals surface area contributed by atoms with E-state index in [1.807, 2.05) is 37.4 Å².